The van der Waals surface area contributed by atoms with E-state index in [0.717, 1.165) is 17.6 Å². The number of hydrogen-bond donors (Lipinski definition) is 1. The van der Waals surface area contributed by atoms with Crippen molar-refractivity contribution in [1.82, 2.24) is 24.5 Å². The second-order valence-corrected chi connectivity index (χ2v) is 5.50. The molecule has 0 aliphatic carbocycles. The van der Waals surface area contributed by atoms with Gasteiger partial charge in [0.1, 0.15) is 6.33 Å². The third-order valence-electron chi connectivity index (χ3n) is 4.09. The van der Waals surface area contributed by atoms with E-state index in [1.165, 1.54) is 23.3 Å². The molecule has 1 N–H and O–H groups in total. The molecular formula is C17H15N5O. The number of para-hydroxylation sites is 1. The molecule has 0 aliphatic heterocycles. The molecule has 6 nitrogen and oxygen atoms in total. The van der Waals surface area contributed by atoms with Crippen molar-refractivity contribution in [3.05, 3.63) is 64.6 Å². The number of rotatable bonds is 3. The Morgan fingerprint density at radius 1 is 1.13 bits per heavy atom. The minimum Gasteiger partial charge on any atom is -0.358 e. The lowest BCUT2D eigenvalue weighted by molar-refractivity contribution is 0.660. The van der Waals surface area contributed by atoms with Gasteiger partial charge in [-0.3, -0.25) is 9.36 Å². The summed E-state index contributed by atoms with van der Waals surface area (Å²) in [6.07, 6.45) is 5.35. The number of fused-ring (bicyclic) bond motifs is 2. The smallest absolute Gasteiger partial charge is 0.281 e. The van der Waals surface area contributed by atoms with Crippen LogP contribution in [-0.4, -0.2) is 24.5 Å². The highest BCUT2D eigenvalue weighted by atomic mass is 16.1. The Labute approximate surface area is 131 Å². The number of aromatic amines is 1. The van der Waals surface area contributed by atoms with E-state index in [1.807, 2.05) is 12.1 Å². The van der Waals surface area contributed by atoms with Gasteiger partial charge >= 0.3 is 0 Å². The van der Waals surface area contributed by atoms with Crippen LogP contribution in [0.4, 0.5) is 0 Å². The normalized spacial score (nSPS) is 11.3. The summed E-state index contributed by atoms with van der Waals surface area (Å²) in [5.41, 5.74) is 4.03. The van der Waals surface area contributed by atoms with E-state index in [0.29, 0.717) is 17.7 Å². The Morgan fingerprint density at radius 2 is 1.96 bits per heavy atom. The fraction of sp³-hybridized carbons (Fsp3) is 0.176. The summed E-state index contributed by atoms with van der Waals surface area (Å²) in [5, 5.41) is 1.20. The molecule has 114 valence electrons. The van der Waals surface area contributed by atoms with Gasteiger partial charge in [-0.25, -0.2) is 15.0 Å². The summed E-state index contributed by atoms with van der Waals surface area (Å²) >= 11 is 0. The predicted octanol–water partition coefficient (Wildman–Crippen LogP) is 2.22. The van der Waals surface area contributed by atoms with Gasteiger partial charge in [0.05, 0.1) is 0 Å². The number of aromatic nitrogens is 5. The molecule has 4 rings (SSSR count). The van der Waals surface area contributed by atoms with Crippen molar-refractivity contribution < 1.29 is 0 Å². The van der Waals surface area contributed by atoms with Gasteiger partial charge in [-0.2, -0.15) is 0 Å². The fourth-order valence-corrected chi connectivity index (χ4v) is 2.94. The molecule has 0 atom stereocenters. The maximum Gasteiger partial charge on any atom is 0.281 e. The van der Waals surface area contributed by atoms with Gasteiger partial charge in [0.15, 0.2) is 11.2 Å². The fourth-order valence-electron chi connectivity index (χ4n) is 2.94. The van der Waals surface area contributed by atoms with E-state index in [9.17, 15) is 4.79 Å². The SMILES string of the molecule is Cc1[nH]c2ccccc2c1CCn1cnc2nccnc2c1=O. The number of benzene rings is 1. The van der Waals surface area contributed by atoms with E-state index >= 15 is 0 Å². The highest BCUT2D eigenvalue weighted by Gasteiger charge is 2.10. The van der Waals surface area contributed by atoms with Crippen LogP contribution in [0.25, 0.3) is 22.1 Å². The number of hydrogen-bond acceptors (Lipinski definition) is 4. The molecule has 0 amide bonds. The number of aryl methyl sites for hydroxylation is 3. The maximum atomic E-state index is 12.4. The molecule has 0 bridgehead atoms. The van der Waals surface area contributed by atoms with Crippen molar-refractivity contribution in [2.45, 2.75) is 19.9 Å². The molecule has 0 unspecified atom stereocenters. The van der Waals surface area contributed by atoms with Crippen molar-refractivity contribution in [3.63, 3.8) is 0 Å². The first-order valence-corrected chi connectivity index (χ1v) is 7.46. The summed E-state index contributed by atoms with van der Waals surface area (Å²) < 4.78 is 1.60. The zero-order chi connectivity index (χ0) is 15.8. The lowest BCUT2D eigenvalue weighted by atomic mass is 10.1. The summed E-state index contributed by atoms with van der Waals surface area (Å²) in [7, 11) is 0. The second-order valence-electron chi connectivity index (χ2n) is 5.50. The van der Waals surface area contributed by atoms with Gasteiger partial charge in [0.25, 0.3) is 5.56 Å². The van der Waals surface area contributed by atoms with Gasteiger partial charge in [-0.1, -0.05) is 18.2 Å². The molecule has 3 heterocycles. The molecule has 6 heteroatoms. The minimum absolute atomic E-state index is 0.152. The lowest BCUT2D eigenvalue weighted by Gasteiger charge is -2.06. The van der Waals surface area contributed by atoms with Crippen LogP contribution >= 0.6 is 0 Å². The standard InChI is InChI=1S/C17H15N5O/c1-11-12(13-4-2-3-5-14(13)21-11)6-9-22-10-20-16-15(17(22)23)18-7-8-19-16/h2-5,7-8,10,21H,6,9H2,1H3. The quantitative estimate of drug-likeness (QED) is 0.629. The topological polar surface area (TPSA) is 76.5 Å². The first-order chi connectivity index (χ1) is 11.2. The molecule has 0 saturated heterocycles. The maximum absolute atomic E-state index is 12.4. The number of nitrogens with one attached hydrogen (secondary N) is 1. The Morgan fingerprint density at radius 3 is 2.87 bits per heavy atom. The van der Waals surface area contributed by atoms with Gasteiger partial charge in [-0.05, 0) is 25.0 Å². The highest BCUT2D eigenvalue weighted by molar-refractivity contribution is 5.84. The zero-order valence-corrected chi connectivity index (χ0v) is 12.7. The van der Waals surface area contributed by atoms with Crippen LogP contribution < -0.4 is 5.56 Å². The van der Waals surface area contributed by atoms with Crippen molar-refractivity contribution in [1.29, 1.82) is 0 Å². The molecule has 0 saturated carbocycles. The predicted molar refractivity (Wildman–Crippen MR) is 88.3 cm³/mol. The first-order valence-electron chi connectivity index (χ1n) is 7.46. The zero-order valence-electron chi connectivity index (χ0n) is 12.7. The van der Waals surface area contributed by atoms with E-state index in [1.54, 1.807) is 10.9 Å². The van der Waals surface area contributed by atoms with Gasteiger partial charge in [0, 0.05) is 35.5 Å². The Hall–Kier alpha value is -3.02. The molecule has 3 aromatic heterocycles. The highest BCUT2D eigenvalue weighted by Crippen LogP contribution is 2.22. The van der Waals surface area contributed by atoms with Crippen LogP contribution in [0.3, 0.4) is 0 Å². The molecule has 0 aliphatic rings. The largest absolute Gasteiger partial charge is 0.358 e. The Kier molecular flexibility index (Phi) is 3.15. The molecule has 4 aromatic rings. The third kappa shape index (κ3) is 2.28. The van der Waals surface area contributed by atoms with Crippen LogP contribution in [0.2, 0.25) is 0 Å². The molecule has 0 spiro atoms. The van der Waals surface area contributed by atoms with E-state index in [2.05, 4.69) is 39.0 Å². The van der Waals surface area contributed by atoms with Crippen LogP contribution in [0.15, 0.2) is 47.8 Å². The van der Waals surface area contributed by atoms with Crippen molar-refractivity contribution >= 4 is 22.1 Å². The van der Waals surface area contributed by atoms with E-state index in [4.69, 9.17) is 0 Å². The van der Waals surface area contributed by atoms with Crippen molar-refractivity contribution in [3.8, 4) is 0 Å². The van der Waals surface area contributed by atoms with E-state index < -0.39 is 0 Å². The Balaban J connectivity index is 1.70. The van der Waals surface area contributed by atoms with Gasteiger partial charge in [0.2, 0.25) is 0 Å². The Bertz CT molecular complexity index is 1060. The van der Waals surface area contributed by atoms with Gasteiger partial charge < -0.3 is 4.98 Å². The summed E-state index contributed by atoms with van der Waals surface area (Å²) in [5.74, 6) is 0. The van der Waals surface area contributed by atoms with Crippen molar-refractivity contribution in [2.24, 2.45) is 0 Å². The van der Waals surface area contributed by atoms with E-state index in [-0.39, 0.29) is 5.56 Å². The minimum atomic E-state index is -0.152. The first kappa shape index (κ1) is 13.6. The summed E-state index contributed by atoms with van der Waals surface area (Å²) in [6, 6.07) is 8.20. The summed E-state index contributed by atoms with van der Waals surface area (Å²) in [4.78, 5) is 28.2. The number of H-pyrrole nitrogens is 1. The van der Waals surface area contributed by atoms with Crippen LogP contribution in [0.5, 0.6) is 0 Å². The van der Waals surface area contributed by atoms with Crippen molar-refractivity contribution in [2.75, 3.05) is 0 Å². The lowest BCUT2D eigenvalue weighted by Crippen LogP contribution is -2.22. The summed E-state index contributed by atoms with van der Waals surface area (Å²) in [6.45, 7) is 2.61. The third-order valence-corrected chi connectivity index (χ3v) is 4.09. The second kappa shape index (κ2) is 5.31. The number of nitrogens with zero attached hydrogens (tertiary/aromatic N) is 4. The van der Waals surface area contributed by atoms with Crippen LogP contribution in [0, 0.1) is 6.92 Å². The average molecular weight is 305 g/mol. The van der Waals surface area contributed by atoms with Crippen LogP contribution in [-0.2, 0) is 13.0 Å². The molecule has 1 aromatic carbocycles. The molecular weight excluding hydrogens is 290 g/mol. The molecule has 0 fully saturated rings. The average Bonchev–Trinajstić information content (AvgIpc) is 2.90. The molecule has 23 heavy (non-hydrogen) atoms. The monoisotopic (exact) mass is 305 g/mol. The van der Waals surface area contributed by atoms with Gasteiger partial charge in [-0.15, -0.1) is 0 Å². The molecule has 0 radical (unpaired) electrons. The van der Waals surface area contributed by atoms with Crippen LogP contribution in [0.1, 0.15) is 11.3 Å².